The van der Waals surface area contributed by atoms with E-state index in [1.54, 1.807) is 0 Å². The zero-order chi connectivity index (χ0) is 13.0. The van der Waals surface area contributed by atoms with E-state index in [4.69, 9.17) is 11.1 Å². The van der Waals surface area contributed by atoms with E-state index in [0.717, 1.165) is 4.90 Å². The normalized spacial score (nSPS) is 18.4. The number of amides is 1. The first-order valence-electron chi connectivity index (χ1n) is 4.99. The Morgan fingerprint density at radius 1 is 1.65 bits per heavy atom. The molecule has 1 heterocycles. The number of ether oxygens (including phenoxy) is 1. The van der Waals surface area contributed by atoms with E-state index in [0.29, 0.717) is 6.42 Å². The third kappa shape index (κ3) is 3.74. The van der Waals surface area contributed by atoms with Crippen molar-refractivity contribution in [2.24, 2.45) is 5.73 Å². The van der Waals surface area contributed by atoms with Crippen molar-refractivity contribution in [3.05, 3.63) is 0 Å². The summed E-state index contributed by atoms with van der Waals surface area (Å²) in [6.07, 6.45) is 0.578. The Kier molecular flexibility index (Phi) is 4.02. The maximum absolute atomic E-state index is 11.4. The van der Waals surface area contributed by atoms with Gasteiger partial charge in [0.05, 0.1) is 0 Å². The molecule has 0 unspecified atom stereocenters. The molecule has 0 aromatic heterocycles. The van der Waals surface area contributed by atoms with Gasteiger partial charge in [-0.1, -0.05) is 0 Å². The van der Waals surface area contributed by atoms with Gasteiger partial charge in [-0.05, 0) is 6.42 Å². The number of nitrogens with two attached hydrogens (primary N) is 1. The summed E-state index contributed by atoms with van der Waals surface area (Å²) >= 11 is 0. The lowest BCUT2D eigenvalue weighted by molar-refractivity contribution is -0.161. The SMILES string of the molecule is CN(CC(=O)OC(=O)[C@@H]1CCC(=O)N1)C(=N)N. The third-order valence-electron chi connectivity index (χ3n) is 2.27. The predicted octanol–water partition coefficient (Wildman–Crippen LogP) is -1.84. The van der Waals surface area contributed by atoms with Gasteiger partial charge in [-0.3, -0.25) is 10.2 Å². The van der Waals surface area contributed by atoms with E-state index < -0.39 is 18.0 Å². The van der Waals surface area contributed by atoms with Gasteiger partial charge in [-0.2, -0.15) is 0 Å². The lowest BCUT2D eigenvalue weighted by Crippen LogP contribution is -2.40. The van der Waals surface area contributed by atoms with Crippen molar-refractivity contribution in [3.8, 4) is 0 Å². The number of hydrogen-bond acceptors (Lipinski definition) is 5. The highest BCUT2D eigenvalue weighted by molar-refractivity contribution is 5.94. The summed E-state index contributed by atoms with van der Waals surface area (Å²) in [7, 11) is 1.42. The first-order valence-corrected chi connectivity index (χ1v) is 4.99. The Morgan fingerprint density at radius 2 is 2.29 bits per heavy atom. The number of nitrogens with zero attached hydrogens (tertiary/aromatic N) is 1. The number of carbonyl (C=O) groups is 3. The third-order valence-corrected chi connectivity index (χ3v) is 2.27. The molecule has 0 spiro atoms. The van der Waals surface area contributed by atoms with Gasteiger partial charge in [-0.15, -0.1) is 0 Å². The Balaban J connectivity index is 2.38. The molecule has 0 aromatic carbocycles. The van der Waals surface area contributed by atoms with Gasteiger partial charge < -0.3 is 20.7 Å². The highest BCUT2D eigenvalue weighted by Gasteiger charge is 2.30. The van der Waals surface area contributed by atoms with Gasteiger partial charge in [0, 0.05) is 13.5 Å². The number of likely N-dealkylation sites (N-methyl/N-ethyl adjacent to an activating group) is 1. The molecule has 0 radical (unpaired) electrons. The second-order valence-corrected chi connectivity index (χ2v) is 3.69. The Bertz CT molecular complexity index is 368. The van der Waals surface area contributed by atoms with Gasteiger partial charge in [-0.25, -0.2) is 9.59 Å². The fourth-order valence-electron chi connectivity index (χ4n) is 1.29. The second-order valence-electron chi connectivity index (χ2n) is 3.69. The minimum Gasteiger partial charge on any atom is -0.390 e. The summed E-state index contributed by atoms with van der Waals surface area (Å²) in [4.78, 5) is 34.6. The smallest absolute Gasteiger partial charge is 0.336 e. The molecule has 1 aliphatic heterocycles. The molecule has 94 valence electrons. The largest absolute Gasteiger partial charge is 0.390 e. The minimum atomic E-state index is -0.811. The molecule has 1 aliphatic rings. The second kappa shape index (κ2) is 5.28. The molecule has 1 rings (SSSR count). The molecule has 17 heavy (non-hydrogen) atoms. The van der Waals surface area contributed by atoms with Crippen LogP contribution in [-0.2, 0) is 19.1 Å². The number of nitrogens with one attached hydrogen (secondary N) is 2. The Labute approximate surface area is 97.6 Å². The van der Waals surface area contributed by atoms with Gasteiger partial charge in [0.15, 0.2) is 5.96 Å². The van der Waals surface area contributed by atoms with Crippen LogP contribution in [-0.4, -0.2) is 48.3 Å². The van der Waals surface area contributed by atoms with Crippen molar-refractivity contribution >= 4 is 23.8 Å². The van der Waals surface area contributed by atoms with E-state index in [9.17, 15) is 14.4 Å². The zero-order valence-electron chi connectivity index (χ0n) is 9.36. The first-order chi connectivity index (χ1) is 7.90. The first kappa shape index (κ1) is 12.9. The topological polar surface area (TPSA) is 126 Å². The fraction of sp³-hybridized carbons (Fsp3) is 0.556. The van der Waals surface area contributed by atoms with Gasteiger partial charge in [0.2, 0.25) is 5.91 Å². The van der Waals surface area contributed by atoms with Crippen LogP contribution in [0.15, 0.2) is 0 Å². The molecule has 0 saturated carbocycles. The van der Waals surface area contributed by atoms with Crippen LogP contribution in [0.5, 0.6) is 0 Å². The van der Waals surface area contributed by atoms with Crippen LogP contribution in [0.25, 0.3) is 0 Å². The number of esters is 2. The van der Waals surface area contributed by atoms with Crippen LogP contribution >= 0.6 is 0 Å². The monoisotopic (exact) mass is 242 g/mol. The predicted molar refractivity (Wildman–Crippen MR) is 56.8 cm³/mol. The highest BCUT2D eigenvalue weighted by atomic mass is 16.6. The number of hydrogen-bond donors (Lipinski definition) is 3. The van der Waals surface area contributed by atoms with E-state index in [1.807, 2.05) is 0 Å². The molecule has 0 bridgehead atoms. The molecule has 8 heteroatoms. The molecule has 1 fully saturated rings. The standard InChI is InChI=1S/C9H14N4O4/c1-13(9(10)11)4-7(15)17-8(16)5-2-3-6(14)12-5/h5H,2-4H2,1H3,(H3,10,11)(H,12,14)/t5-/m0/s1. The van der Waals surface area contributed by atoms with E-state index in [-0.39, 0.29) is 24.8 Å². The van der Waals surface area contributed by atoms with Gasteiger partial charge in [0.1, 0.15) is 12.6 Å². The zero-order valence-corrected chi connectivity index (χ0v) is 9.36. The average Bonchev–Trinajstić information content (AvgIpc) is 2.64. The van der Waals surface area contributed by atoms with Crippen molar-refractivity contribution in [1.82, 2.24) is 10.2 Å². The van der Waals surface area contributed by atoms with Crippen LogP contribution < -0.4 is 11.1 Å². The van der Waals surface area contributed by atoms with Crippen LogP contribution in [0, 0.1) is 5.41 Å². The average molecular weight is 242 g/mol. The molecule has 1 amide bonds. The lowest BCUT2D eigenvalue weighted by Gasteiger charge is -2.15. The van der Waals surface area contributed by atoms with E-state index >= 15 is 0 Å². The van der Waals surface area contributed by atoms with E-state index in [1.165, 1.54) is 7.05 Å². The Hall–Kier alpha value is -2.12. The van der Waals surface area contributed by atoms with Gasteiger partial charge in [0.25, 0.3) is 0 Å². The van der Waals surface area contributed by atoms with Crippen molar-refractivity contribution in [3.63, 3.8) is 0 Å². The number of guanidine groups is 1. The quantitative estimate of drug-likeness (QED) is 0.231. The molecule has 0 aromatic rings. The molecule has 0 aliphatic carbocycles. The maximum Gasteiger partial charge on any atom is 0.336 e. The molecule has 1 atom stereocenters. The highest BCUT2D eigenvalue weighted by Crippen LogP contribution is 2.08. The molecular formula is C9H14N4O4. The summed E-state index contributed by atoms with van der Waals surface area (Å²) < 4.78 is 4.52. The summed E-state index contributed by atoms with van der Waals surface area (Å²) in [6.45, 7) is -0.290. The molecule has 1 saturated heterocycles. The summed E-state index contributed by atoms with van der Waals surface area (Å²) in [5.74, 6) is -2.13. The molecule has 4 N–H and O–H groups in total. The Morgan fingerprint density at radius 3 is 2.76 bits per heavy atom. The van der Waals surface area contributed by atoms with Crippen molar-refractivity contribution in [2.75, 3.05) is 13.6 Å². The fourth-order valence-corrected chi connectivity index (χ4v) is 1.29. The van der Waals surface area contributed by atoms with Crippen LogP contribution in [0.2, 0.25) is 0 Å². The van der Waals surface area contributed by atoms with Gasteiger partial charge >= 0.3 is 11.9 Å². The summed E-state index contributed by atoms with van der Waals surface area (Å²) in [6, 6.07) is -0.755. The minimum absolute atomic E-state index is 0.236. The van der Waals surface area contributed by atoms with Crippen LogP contribution in [0.3, 0.4) is 0 Å². The summed E-state index contributed by atoms with van der Waals surface area (Å²) in [5.41, 5.74) is 5.11. The van der Waals surface area contributed by atoms with Crippen molar-refractivity contribution in [2.45, 2.75) is 18.9 Å². The lowest BCUT2D eigenvalue weighted by atomic mass is 10.2. The summed E-state index contributed by atoms with van der Waals surface area (Å²) in [5, 5.41) is 9.41. The molecule has 8 nitrogen and oxygen atoms in total. The maximum atomic E-state index is 11.4. The van der Waals surface area contributed by atoms with Crippen LogP contribution in [0.4, 0.5) is 0 Å². The van der Waals surface area contributed by atoms with Crippen molar-refractivity contribution < 1.29 is 19.1 Å². The number of rotatable bonds is 3. The van der Waals surface area contributed by atoms with E-state index in [2.05, 4.69) is 10.1 Å². The van der Waals surface area contributed by atoms with Crippen LogP contribution in [0.1, 0.15) is 12.8 Å². The number of carbonyl (C=O) groups excluding carboxylic acids is 3. The molecular weight excluding hydrogens is 228 g/mol. The van der Waals surface area contributed by atoms with Crippen molar-refractivity contribution in [1.29, 1.82) is 5.41 Å².